The summed E-state index contributed by atoms with van der Waals surface area (Å²) in [7, 11) is 2.05. The van der Waals surface area contributed by atoms with Gasteiger partial charge in [0, 0.05) is 18.0 Å². The molecule has 2 heteroatoms. The van der Waals surface area contributed by atoms with Gasteiger partial charge in [0.05, 0.1) is 0 Å². The molecule has 0 saturated carbocycles. The van der Waals surface area contributed by atoms with E-state index in [9.17, 15) is 0 Å². The fourth-order valence-corrected chi connectivity index (χ4v) is 2.52. The van der Waals surface area contributed by atoms with Crippen LogP contribution in [0.5, 0.6) is 0 Å². The molecule has 1 N–H and O–H groups in total. The fraction of sp³-hybridized carbons (Fsp3) is 0.857. The van der Waals surface area contributed by atoms with Crippen molar-refractivity contribution >= 4 is 0 Å². The van der Waals surface area contributed by atoms with E-state index >= 15 is 0 Å². The molecule has 0 saturated heterocycles. The largest absolute Gasteiger partial charge is 0.315 e. The van der Waals surface area contributed by atoms with Crippen LogP contribution in [0.4, 0.5) is 0 Å². The molecule has 0 heterocycles. The second kappa shape index (κ2) is 7.70. The number of terminal acetylenes is 1. The van der Waals surface area contributed by atoms with Crippen LogP contribution in [0.3, 0.4) is 0 Å². The van der Waals surface area contributed by atoms with Gasteiger partial charge in [0.2, 0.25) is 0 Å². The fourth-order valence-electron chi connectivity index (χ4n) is 2.52. The molecule has 0 bridgehead atoms. The Morgan fingerprint density at radius 3 is 2.25 bits per heavy atom. The Morgan fingerprint density at radius 1 is 1.31 bits per heavy atom. The van der Waals surface area contributed by atoms with E-state index in [-0.39, 0.29) is 5.54 Å². The van der Waals surface area contributed by atoms with Crippen LogP contribution in [0.25, 0.3) is 0 Å². The molecule has 1 atom stereocenters. The van der Waals surface area contributed by atoms with Gasteiger partial charge in [0.15, 0.2) is 0 Å². The van der Waals surface area contributed by atoms with E-state index in [1.165, 1.54) is 0 Å². The first-order chi connectivity index (χ1) is 7.54. The summed E-state index contributed by atoms with van der Waals surface area (Å²) < 4.78 is 0. The first-order valence-corrected chi connectivity index (χ1v) is 6.40. The third-order valence-corrected chi connectivity index (χ3v) is 3.59. The van der Waals surface area contributed by atoms with Crippen molar-refractivity contribution in [2.45, 2.75) is 58.5 Å². The number of hydrogen-bond acceptors (Lipinski definition) is 2. The Bertz CT molecular complexity index is 211. The zero-order chi connectivity index (χ0) is 12.6. The highest BCUT2D eigenvalue weighted by Crippen LogP contribution is 2.22. The van der Waals surface area contributed by atoms with Crippen LogP contribution in [-0.2, 0) is 0 Å². The molecular formula is C14H28N2. The Labute approximate surface area is 102 Å². The Kier molecular flexibility index (Phi) is 7.45. The average Bonchev–Trinajstić information content (AvgIpc) is 2.25. The molecular weight excluding hydrogens is 196 g/mol. The van der Waals surface area contributed by atoms with Crippen molar-refractivity contribution < 1.29 is 0 Å². The van der Waals surface area contributed by atoms with Crippen LogP contribution in [0.1, 0.15) is 47.0 Å². The van der Waals surface area contributed by atoms with Gasteiger partial charge in [0.1, 0.15) is 0 Å². The number of likely N-dealkylation sites (N-methyl/N-ethyl adjacent to an activating group) is 2. The molecule has 0 rings (SSSR count). The Morgan fingerprint density at radius 2 is 1.88 bits per heavy atom. The molecule has 0 amide bonds. The second-order valence-electron chi connectivity index (χ2n) is 4.76. The van der Waals surface area contributed by atoms with Gasteiger partial charge in [-0.05, 0) is 46.8 Å². The van der Waals surface area contributed by atoms with Gasteiger partial charge in [-0.1, -0.05) is 13.8 Å². The molecule has 0 aliphatic heterocycles. The lowest BCUT2D eigenvalue weighted by Gasteiger charge is -2.43. The molecule has 0 aliphatic rings. The number of nitrogens with one attached hydrogen (secondary N) is 1. The van der Waals surface area contributed by atoms with Gasteiger partial charge in [-0.2, -0.15) is 0 Å². The van der Waals surface area contributed by atoms with Crippen molar-refractivity contribution in [2.75, 3.05) is 20.1 Å². The smallest absolute Gasteiger partial charge is 0.0305 e. The minimum Gasteiger partial charge on any atom is -0.315 e. The SMILES string of the molecule is C#CCCCC(NC)C(C)(C)N(CC)CC. The van der Waals surface area contributed by atoms with Crippen LogP contribution >= 0.6 is 0 Å². The van der Waals surface area contributed by atoms with Crippen LogP contribution in [0, 0.1) is 12.3 Å². The van der Waals surface area contributed by atoms with Crippen molar-refractivity contribution in [2.24, 2.45) is 0 Å². The molecule has 16 heavy (non-hydrogen) atoms. The standard InChI is InChI=1S/C14H28N2/c1-7-10-11-12-13(15-6)14(4,5)16(8-2)9-3/h1,13,15H,8-12H2,2-6H3. The topological polar surface area (TPSA) is 15.3 Å². The molecule has 94 valence electrons. The van der Waals surface area contributed by atoms with Crippen molar-refractivity contribution in [1.29, 1.82) is 0 Å². The maximum Gasteiger partial charge on any atom is 0.0305 e. The van der Waals surface area contributed by atoms with E-state index in [2.05, 4.69) is 43.8 Å². The van der Waals surface area contributed by atoms with Gasteiger partial charge < -0.3 is 5.32 Å². The molecule has 0 radical (unpaired) electrons. The third kappa shape index (κ3) is 4.15. The molecule has 0 spiro atoms. The van der Waals surface area contributed by atoms with Gasteiger partial charge >= 0.3 is 0 Å². The van der Waals surface area contributed by atoms with E-state index in [4.69, 9.17) is 6.42 Å². The molecule has 0 aromatic heterocycles. The van der Waals surface area contributed by atoms with Crippen molar-refractivity contribution in [3.63, 3.8) is 0 Å². The minimum atomic E-state index is 0.187. The summed E-state index contributed by atoms with van der Waals surface area (Å²) in [6, 6.07) is 0.501. The zero-order valence-electron chi connectivity index (χ0n) is 11.6. The van der Waals surface area contributed by atoms with Gasteiger partial charge in [0.25, 0.3) is 0 Å². The summed E-state index contributed by atoms with van der Waals surface area (Å²) in [5, 5.41) is 3.44. The number of unbranched alkanes of at least 4 members (excludes halogenated alkanes) is 1. The van der Waals surface area contributed by atoms with Crippen LogP contribution in [0.2, 0.25) is 0 Å². The van der Waals surface area contributed by atoms with E-state index in [0.717, 1.165) is 32.4 Å². The monoisotopic (exact) mass is 224 g/mol. The van der Waals surface area contributed by atoms with Crippen molar-refractivity contribution in [3.8, 4) is 12.3 Å². The normalized spacial score (nSPS) is 13.8. The van der Waals surface area contributed by atoms with Crippen molar-refractivity contribution in [3.05, 3.63) is 0 Å². The Hall–Kier alpha value is -0.520. The average molecular weight is 224 g/mol. The first-order valence-electron chi connectivity index (χ1n) is 6.40. The van der Waals surface area contributed by atoms with Gasteiger partial charge in [-0.25, -0.2) is 0 Å². The minimum absolute atomic E-state index is 0.187. The van der Waals surface area contributed by atoms with Crippen LogP contribution in [-0.4, -0.2) is 36.6 Å². The van der Waals surface area contributed by atoms with E-state index in [1.807, 2.05) is 7.05 Å². The number of nitrogens with zero attached hydrogens (tertiary/aromatic N) is 1. The lowest BCUT2D eigenvalue weighted by molar-refractivity contribution is 0.0901. The molecule has 2 nitrogen and oxygen atoms in total. The highest BCUT2D eigenvalue weighted by Gasteiger charge is 2.32. The lowest BCUT2D eigenvalue weighted by Crippen LogP contribution is -2.56. The predicted molar refractivity (Wildman–Crippen MR) is 72.5 cm³/mol. The van der Waals surface area contributed by atoms with Crippen molar-refractivity contribution in [1.82, 2.24) is 10.2 Å². The molecule has 0 aromatic rings. The second-order valence-corrected chi connectivity index (χ2v) is 4.76. The van der Waals surface area contributed by atoms with Gasteiger partial charge in [-0.15, -0.1) is 12.3 Å². The number of hydrogen-bond donors (Lipinski definition) is 1. The summed E-state index contributed by atoms with van der Waals surface area (Å²) in [6.45, 7) is 11.3. The van der Waals surface area contributed by atoms with E-state index in [0.29, 0.717) is 6.04 Å². The Balaban J connectivity index is 4.46. The number of rotatable bonds is 8. The van der Waals surface area contributed by atoms with Gasteiger partial charge in [-0.3, -0.25) is 4.90 Å². The molecule has 0 aliphatic carbocycles. The molecule has 0 aromatic carbocycles. The quantitative estimate of drug-likeness (QED) is 0.503. The maximum atomic E-state index is 5.30. The highest BCUT2D eigenvalue weighted by molar-refractivity contribution is 4.93. The summed E-state index contributed by atoms with van der Waals surface area (Å²) >= 11 is 0. The third-order valence-electron chi connectivity index (χ3n) is 3.59. The predicted octanol–water partition coefficient (Wildman–Crippen LogP) is 2.50. The summed E-state index contributed by atoms with van der Waals surface area (Å²) in [6.07, 6.45) is 8.42. The van der Waals surface area contributed by atoms with Crippen LogP contribution < -0.4 is 5.32 Å². The summed E-state index contributed by atoms with van der Waals surface area (Å²) in [5.41, 5.74) is 0.187. The van der Waals surface area contributed by atoms with E-state index in [1.54, 1.807) is 0 Å². The first kappa shape index (κ1) is 15.5. The summed E-state index contributed by atoms with van der Waals surface area (Å²) in [5.74, 6) is 2.71. The zero-order valence-corrected chi connectivity index (χ0v) is 11.6. The highest BCUT2D eigenvalue weighted by atomic mass is 15.2. The van der Waals surface area contributed by atoms with E-state index < -0.39 is 0 Å². The molecule has 0 fully saturated rings. The summed E-state index contributed by atoms with van der Waals surface area (Å²) in [4.78, 5) is 2.50. The van der Waals surface area contributed by atoms with Crippen LogP contribution in [0.15, 0.2) is 0 Å². The lowest BCUT2D eigenvalue weighted by atomic mass is 9.88. The maximum absolute atomic E-state index is 5.30. The molecule has 1 unspecified atom stereocenters.